The summed E-state index contributed by atoms with van der Waals surface area (Å²) in [5.41, 5.74) is 1.76. The average molecular weight is 403 g/mol. The molecule has 2 N–H and O–H groups in total. The molecule has 0 heterocycles. The molecule has 0 saturated carbocycles. The maximum absolute atomic E-state index is 12.4. The molecule has 2 unspecified atom stereocenters. The van der Waals surface area contributed by atoms with E-state index in [0.717, 1.165) is 18.4 Å². The minimum Gasteiger partial charge on any atom is -0.486 e. The zero-order chi connectivity index (χ0) is 21.3. The predicted octanol–water partition coefficient (Wildman–Crippen LogP) is 4.54. The van der Waals surface area contributed by atoms with Crippen LogP contribution in [0.3, 0.4) is 0 Å². The smallest absolute Gasteiger partial charge is 0.253 e. The molecule has 154 valence electrons. The molecule has 1 amide bonds. The van der Waals surface area contributed by atoms with Crippen LogP contribution in [0.5, 0.6) is 5.75 Å². The Balaban J connectivity index is 1.63. The average Bonchev–Trinajstić information content (AvgIpc) is 2.80. The number of aliphatic hydroxyl groups is 1. The molecule has 0 bridgehead atoms. The summed E-state index contributed by atoms with van der Waals surface area (Å²) in [7, 11) is 0. The lowest BCUT2D eigenvalue weighted by molar-refractivity contribution is 0.0607. The van der Waals surface area contributed by atoms with Crippen molar-refractivity contribution in [1.29, 1.82) is 0 Å². The van der Waals surface area contributed by atoms with Gasteiger partial charge in [0.1, 0.15) is 11.9 Å². The SMILES string of the molecule is CCCC(Oc1ccc(C(=O)NC(O)C(=O)c2ccccc2)cc1)c1ccccc1. The van der Waals surface area contributed by atoms with Crippen molar-refractivity contribution >= 4 is 11.7 Å². The molecule has 0 aliphatic rings. The molecule has 0 aliphatic carbocycles. The van der Waals surface area contributed by atoms with E-state index >= 15 is 0 Å². The minimum atomic E-state index is -1.61. The van der Waals surface area contributed by atoms with Gasteiger partial charge in [-0.15, -0.1) is 0 Å². The molecule has 30 heavy (non-hydrogen) atoms. The molecule has 2 atom stereocenters. The zero-order valence-corrected chi connectivity index (χ0v) is 16.8. The Morgan fingerprint density at radius 1 is 0.867 bits per heavy atom. The topological polar surface area (TPSA) is 75.6 Å². The van der Waals surface area contributed by atoms with Gasteiger partial charge in [0.2, 0.25) is 5.78 Å². The summed E-state index contributed by atoms with van der Waals surface area (Å²) in [6.07, 6.45) is 0.178. The van der Waals surface area contributed by atoms with Crippen molar-refractivity contribution in [3.05, 3.63) is 102 Å². The van der Waals surface area contributed by atoms with Gasteiger partial charge in [-0.3, -0.25) is 9.59 Å². The van der Waals surface area contributed by atoms with Crippen molar-refractivity contribution in [1.82, 2.24) is 5.32 Å². The molecule has 0 fully saturated rings. The molecule has 5 nitrogen and oxygen atoms in total. The second-order valence-corrected chi connectivity index (χ2v) is 6.94. The first-order chi connectivity index (χ1) is 14.6. The number of ether oxygens (including phenoxy) is 1. The number of Topliss-reactive ketones (excluding diaryl/α,β-unsaturated/α-hetero) is 1. The van der Waals surface area contributed by atoms with Crippen molar-refractivity contribution in [3.63, 3.8) is 0 Å². The fourth-order valence-electron chi connectivity index (χ4n) is 3.11. The first kappa shape index (κ1) is 21.3. The van der Waals surface area contributed by atoms with E-state index in [1.165, 1.54) is 0 Å². The highest BCUT2D eigenvalue weighted by Crippen LogP contribution is 2.26. The first-order valence-corrected chi connectivity index (χ1v) is 9.98. The van der Waals surface area contributed by atoms with Gasteiger partial charge in [-0.1, -0.05) is 74.0 Å². The summed E-state index contributed by atoms with van der Waals surface area (Å²) >= 11 is 0. The fraction of sp³-hybridized carbons (Fsp3) is 0.200. The Kier molecular flexibility index (Phi) is 7.35. The van der Waals surface area contributed by atoms with E-state index in [4.69, 9.17) is 4.74 Å². The van der Waals surface area contributed by atoms with Gasteiger partial charge in [0, 0.05) is 11.1 Å². The first-order valence-electron chi connectivity index (χ1n) is 9.98. The van der Waals surface area contributed by atoms with Gasteiger partial charge in [-0.25, -0.2) is 0 Å². The molecule has 0 aromatic heterocycles. The lowest BCUT2D eigenvalue weighted by Gasteiger charge is -2.19. The summed E-state index contributed by atoms with van der Waals surface area (Å²) in [6, 6.07) is 25.0. The fourth-order valence-corrected chi connectivity index (χ4v) is 3.11. The Morgan fingerprint density at radius 3 is 2.07 bits per heavy atom. The Labute approximate surface area is 176 Å². The normalized spacial score (nSPS) is 12.6. The zero-order valence-electron chi connectivity index (χ0n) is 16.8. The third kappa shape index (κ3) is 5.55. The maximum atomic E-state index is 12.4. The van der Waals surface area contributed by atoms with E-state index in [9.17, 15) is 14.7 Å². The van der Waals surface area contributed by atoms with Gasteiger partial charge in [0.25, 0.3) is 5.91 Å². The van der Waals surface area contributed by atoms with Crippen LogP contribution < -0.4 is 10.1 Å². The number of carbonyl (C=O) groups excluding carboxylic acids is 2. The van der Waals surface area contributed by atoms with E-state index in [0.29, 0.717) is 16.9 Å². The summed E-state index contributed by atoms with van der Waals surface area (Å²) < 4.78 is 6.12. The third-order valence-electron chi connectivity index (χ3n) is 4.69. The molecule has 0 spiro atoms. The summed E-state index contributed by atoms with van der Waals surface area (Å²) in [6.45, 7) is 2.11. The minimum absolute atomic E-state index is 0.0683. The van der Waals surface area contributed by atoms with Crippen LogP contribution in [0.4, 0.5) is 0 Å². The number of rotatable bonds is 9. The quantitative estimate of drug-likeness (QED) is 0.406. The number of hydrogen-bond donors (Lipinski definition) is 2. The van der Waals surface area contributed by atoms with Crippen LogP contribution in [-0.2, 0) is 0 Å². The number of ketones is 1. The van der Waals surface area contributed by atoms with Gasteiger partial charge in [-0.05, 0) is 36.2 Å². The van der Waals surface area contributed by atoms with Gasteiger partial charge in [-0.2, -0.15) is 0 Å². The second kappa shape index (κ2) is 10.4. The lowest BCUT2D eigenvalue weighted by Crippen LogP contribution is -2.40. The van der Waals surface area contributed by atoms with Crippen molar-refractivity contribution in [3.8, 4) is 5.75 Å². The van der Waals surface area contributed by atoms with E-state index in [-0.39, 0.29) is 6.10 Å². The highest BCUT2D eigenvalue weighted by Gasteiger charge is 2.20. The predicted molar refractivity (Wildman–Crippen MR) is 115 cm³/mol. The molecule has 3 aromatic carbocycles. The standard InChI is InChI=1S/C25H25NO4/c1-2-9-22(18-10-5-3-6-11-18)30-21-16-14-20(15-17-21)24(28)26-25(29)23(27)19-12-7-4-8-13-19/h3-8,10-17,22,25,29H,2,9H2,1H3,(H,26,28). The number of benzene rings is 3. The Bertz CT molecular complexity index is 955. The molecule has 5 heteroatoms. The largest absolute Gasteiger partial charge is 0.486 e. The van der Waals surface area contributed by atoms with Gasteiger partial charge in [0.15, 0.2) is 6.23 Å². The third-order valence-corrected chi connectivity index (χ3v) is 4.69. The molecular weight excluding hydrogens is 378 g/mol. The maximum Gasteiger partial charge on any atom is 0.253 e. The number of carbonyl (C=O) groups is 2. The molecule has 3 aromatic rings. The van der Waals surface area contributed by atoms with E-state index in [2.05, 4.69) is 12.2 Å². The van der Waals surface area contributed by atoms with E-state index in [1.807, 2.05) is 30.3 Å². The number of amides is 1. The van der Waals surface area contributed by atoms with Crippen molar-refractivity contribution in [2.75, 3.05) is 0 Å². The van der Waals surface area contributed by atoms with Crippen LogP contribution in [0.15, 0.2) is 84.9 Å². The van der Waals surface area contributed by atoms with Crippen LogP contribution in [0.25, 0.3) is 0 Å². The molecule has 0 radical (unpaired) electrons. The van der Waals surface area contributed by atoms with Crippen LogP contribution in [0.2, 0.25) is 0 Å². The van der Waals surface area contributed by atoms with E-state index in [1.54, 1.807) is 54.6 Å². The van der Waals surface area contributed by atoms with Gasteiger partial charge in [0.05, 0.1) is 0 Å². The number of nitrogens with one attached hydrogen (secondary N) is 1. The lowest BCUT2D eigenvalue weighted by atomic mass is 10.1. The molecule has 3 rings (SSSR count). The summed E-state index contributed by atoms with van der Waals surface area (Å²) in [4.78, 5) is 24.6. The highest BCUT2D eigenvalue weighted by molar-refractivity contribution is 6.03. The van der Waals surface area contributed by atoms with Crippen molar-refractivity contribution in [2.45, 2.75) is 32.1 Å². The summed E-state index contributed by atoms with van der Waals surface area (Å²) in [5.74, 6) is -0.449. The van der Waals surface area contributed by atoms with Crippen LogP contribution in [0.1, 0.15) is 52.1 Å². The van der Waals surface area contributed by atoms with Crippen molar-refractivity contribution in [2.24, 2.45) is 0 Å². The van der Waals surface area contributed by atoms with Crippen LogP contribution >= 0.6 is 0 Å². The number of aliphatic hydroxyl groups excluding tert-OH is 1. The monoisotopic (exact) mass is 403 g/mol. The van der Waals surface area contributed by atoms with Crippen LogP contribution in [-0.4, -0.2) is 23.0 Å². The van der Waals surface area contributed by atoms with E-state index < -0.39 is 17.9 Å². The van der Waals surface area contributed by atoms with Gasteiger partial charge < -0.3 is 15.2 Å². The number of hydrogen-bond acceptors (Lipinski definition) is 4. The molecule has 0 aliphatic heterocycles. The van der Waals surface area contributed by atoms with Crippen LogP contribution in [0, 0.1) is 0 Å². The highest BCUT2D eigenvalue weighted by atomic mass is 16.5. The Hall–Kier alpha value is -3.44. The summed E-state index contributed by atoms with van der Waals surface area (Å²) in [5, 5.41) is 12.4. The van der Waals surface area contributed by atoms with Gasteiger partial charge >= 0.3 is 0 Å². The second-order valence-electron chi connectivity index (χ2n) is 6.94. The molecule has 0 saturated heterocycles. The molecular formula is C25H25NO4. The van der Waals surface area contributed by atoms with Crippen molar-refractivity contribution < 1.29 is 19.4 Å². The Morgan fingerprint density at radius 2 is 1.47 bits per heavy atom.